The number of nitrogen functional groups attached to an aromatic ring is 1. The summed E-state index contributed by atoms with van der Waals surface area (Å²) in [6, 6.07) is 4.94. The molecule has 1 rings (SSSR count). The molecule has 0 heterocycles. The molecule has 19 heavy (non-hydrogen) atoms. The van der Waals surface area contributed by atoms with Gasteiger partial charge >= 0.3 is 0 Å². The zero-order chi connectivity index (χ0) is 14.6. The number of nitrogens with one attached hydrogen (secondary N) is 1. The second kappa shape index (κ2) is 6.91. The minimum absolute atomic E-state index is 0.0353. The Morgan fingerprint density at radius 2 is 2.05 bits per heavy atom. The molecule has 4 nitrogen and oxygen atoms in total. The lowest BCUT2D eigenvalue weighted by Crippen LogP contribution is -2.38. The van der Waals surface area contributed by atoms with Crippen LogP contribution < -0.4 is 11.1 Å². The second-order valence-corrected chi connectivity index (χ2v) is 6.54. The largest absolute Gasteiger partial charge is 0.398 e. The number of anilines is 1. The maximum Gasteiger partial charge on any atom is 0.233 e. The molecule has 0 aliphatic heterocycles. The predicted molar refractivity (Wildman–Crippen MR) is 79.6 cm³/mol. The number of benzene rings is 1. The third-order valence-corrected chi connectivity index (χ3v) is 4.74. The van der Waals surface area contributed by atoms with E-state index in [1.54, 1.807) is 18.2 Å². The van der Waals surface area contributed by atoms with E-state index in [0.717, 1.165) is 0 Å². The lowest BCUT2D eigenvalue weighted by molar-refractivity contribution is -0.119. The van der Waals surface area contributed by atoms with Gasteiger partial charge in [0.05, 0.1) is 20.7 Å². The van der Waals surface area contributed by atoms with E-state index in [9.17, 15) is 9.00 Å². The van der Waals surface area contributed by atoms with Crippen LogP contribution in [-0.4, -0.2) is 21.9 Å². The lowest BCUT2D eigenvalue weighted by Gasteiger charge is -2.17. The first kappa shape index (κ1) is 16.0. The Balaban J connectivity index is 2.73. The smallest absolute Gasteiger partial charge is 0.233 e. The van der Waals surface area contributed by atoms with Crippen molar-refractivity contribution in [2.24, 2.45) is 5.92 Å². The number of carbonyl (C=O) groups is 1. The number of hydrogen-bond donors (Lipinski definition) is 2. The minimum Gasteiger partial charge on any atom is -0.398 e. The van der Waals surface area contributed by atoms with E-state index < -0.39 is 10.8 Å². The molecular weight excluding hydrogens is 284 g/mol. The van der Waals surface area contributed by atoms with E-state index >= 15 is 0 Å². The van der Waals surface area contributed by atoms with Crippen LogP contribution in [0.15, 0.2) is 23.1 Å². The molecule has 0 radical (unpaired) electrons. The summed E-state index contributed by atoms with van der Waals surface area (Å²) >= 11 is 5.96. The van der Waals surface area contributed by atoms with E-state index in [1.165, 1.54) is 0 Å². The van der Waals surface area contributed by atoms with Crippen LogP contribution in [0.2, 0.25) is 5.02 Å². The Hall–Kier alpha value is -1.07. The summed E-state index contributed by atoms with van der Waals surface area (Å²) in [5, 5.41) is 3.13. The summed E-state index contributed by atoms with van der Waals surface area (Å²) in [6.07, 6.45) is 0. The average molecular weight is 303 g/mol. The topological polar surface area (TPSA) is 72.2 Å². The van der Waals surface area contributed by atoms with Gasteiger partial charge < -0.3 is 11.1 Å². The molecule has 0 aliphatic rings. The molecule has 2 unspecified atom stereocenters. The molecule has 1 aromatic rings. The van der Waals surface area contributed by atoms with Crippen LogP contribution in [0.4, 0.5) is 5.69 Å². The summed E-state index contributed by atoms with van der Waals surface area (Å²) in [7, 11) is -1.54. The lowest BCUT2D eigenvalue weighted by atomic mass is 10.1. The molecule has 0 aromatic heterocycles. The zero-order valence-corrected chi connectivity index (χ0v) is 12.8. The molecule has 1 amide bonds. The summed E-state index contributed by atoms with van der Waals surface area (Å²) in [5.74, 6) is -0.0769. The first-order valence-corrected chi connectivity index (χ1v) is 7.74. The second-order valence-electron chi connectivity index (χ2n) is 4.75. The van der Waals surface area contributed by atoms with Crippen LogP contribution in [0.5, 0.6) is 0 Å². The molecule has 0 saturated carbocycles. The van der Waals surface area contributed by atoms with Gasteiger partial charge in [-0.25, -0.2) is 0 Å². The van der Waals surface area contributed by atoms with Crippen LogP contribution in [-0.2, 0) is 15.6 Å². The van der Waals surface area contributed by atoms with E-state index in [4.69, 9.17) is 17.3 Å². The Morgan fingerprint density at radius 1 is 1.42 bits per heavy atom. The number of amides is 1. The highest BCUT2D eigenvalue weighted by Gasteiger charge is 2.18. The maximum absolute atomic E-state index is 12.1. The van der Waals surface area contributed by atoms with Gasteiger partial charge in [-0.2, -0.15) is 0 Å². The molecule has 0 fully saturated rings. The van der Waals surface area contributed by atoms with Gasteiger partial charge in [0.25, 0.3) is 0 Å². The third kappa shape index (κ3) is 4.51. The molecule has 0 saturated heterocycles. The van der Waals surface area contributed by atoms with Gasteiger partial charge in [-0.15, -0.1) is 0 Å². The molecule has 0 bridgehead atoms. The minimum atomic E-state index is -1.54. The van der Waals surface area contributed by atoms with Crippen molar-refractivity contribution in [2.75, 3.05) is 11.5 Å². The molecule has 0 spiro atoms. The number of rotatable bonds is 5. The number of nitrogens with two attached hydrogens (primary N) is 1. The Bertz CT molecular complexity index is 471. The summed E-state index contributed by atoms with van der Waals surface area (Å²) in [6.45, 7) is 5.93. The van der Waals surface area contributed by atoms with E-state index in [0.29, 0.717) is 21.5 Å². The monoisotopic (exact) mass is 302 g/mol. The molecular formula is C13H19ClN2O2S. The molecule has 3 N–H and O–H groups in total. The number of carbonyl (C=O) groups excluding carboxylic acids is 1. The first-order valence-electron chi connectivity index (χ1n) is 6.04. The van der Waals surface area contributed by atoms with Crippen molar-refractivity contribution in [1.29, 1.82) is 0 Å². The first-order chi connectivity index (χ1) is 8.82. The predicted octanol–water partition coefficient (Wildman–Crippen LogP) is 2.19. The van der Waals surface area contributed by atoms with Crippen LogP contribution in [0.3, 0.4) is 0 Å². The standard InChI is InChI=1S/C13H19ClN2O2S/c1-8(2)9(3)16-12(17)7-19(18)13-10(14)5-4-6-11(13)15/h4-6,8-9H,7,15H2,1-3H3,(H,16,17). The van der Waals surface area contributed by atoms with E-state index in [-0.39, 0.29) is 17.7 Å². The van der Waals surface area contributed by atoms with Crippen molar-refractivity contribution in [3.05, 3.63) is 23.2 Å². The fourth-order valence-corrected chi connectivity index (χ4v) is 2.94. The normalized spacial score (nSPS) is 14.2. The van der Waals surface area contributed by atoms with Crippen LogP contribution in [0.1, 0.15) is 20.8 Å². The highest BCUT2D eigenvalue weighted by molar-refractivity contribution is 7.86. The van der Waals surface area contributed by atoms with Gasteiger partial charge in [0.15, 0.2) is 0 Å². The van der Waals surface area contributed by atoms with Gasteiger partial charge in [-0.05, 0) is 25.0 Å². The van der Waals surface area contributed by atoms with Crippen LogP contribution in [0.25, 0.3) is 0 Å². The molecule has 2 atom stereocenters. The zero-order valence-electron chi connectivity index (χ0n) is 11.3. The van der Waals surface area contributed by atoms with Gasteiger partial charge in [0.2, 0.25) is 5.91 Å². The Morgan fingerprint density at radius 3 is 2.58 bits per heavy atom. The quantitative estimate of drug-likeness (QED) is 0.819. The summed E-state index contributed by atoms with van der Waals surface area (Å²) in [5.41, 5.74) is 6.08. The van der Waals surface area contributed by atoms with Crippen molar-refractivity contribution in [2.45, 2.75) is 31.7 Å². The number of halogens is 1. The van der Waals surface area contributed by atoms with E-state index in [1.807, 2.05) is 20.8 Å². The maximum atomic E-state index is 12.1. The molecule has 1 aromatic carbocycles. The van der Waals surface area contributed by atoms with E-state index in [2.05, 4.69) is 5.32 Å². The Labute approximate surface area is 121 Å². The fourth-order valence-electron chi connectivity index (χ4n) is 1.42. The van der Waals surface area contributed by atoms with Crippen molar-refractivity contribution >= 4 is 34.0 Å². The van der Waals surface area contributed by atoms with Gasteiger partial charge in [0, 0.05) is 11.7 Å². The molecule has 0 aliphatic carbocycles. The number of hydrogen-bond acceptors (Lipinski definition) is 3. The van der Waals surface area contributed by atoms with Crippen molar-refractivity contribution in [3.8, 4) is 0 Å². The fraction of sp³-hybridized carbons (Fsp3) is 0.462. The van der Waals surface area contributed by atoms with Gasteiger partial charge in [-0.1, -0.05) is 31.5 Å². The Kier molecular flexibility index (Phi) is 5.82. The highest BCUT2D eigenvalue weighted by Crippen LogP contribution is 2.25. The average Bonchev–Trinajstić information content (AvgIpc) is 2.27. The summed E-state index contributed by atoms with van der Waals surface area (Å²) < 4.78 is 12.1. The summed E-state index contributed by atoms with van der Waals surface area (Å²) in [4.78, 5) is 12.1. The molecule has 6 heteroatoms. The van der Waals surface area contributed by atoms with Crippen LogP contribution >= 0.6 is 11.6 Å². The third-order valence-electron chi connectivity index (χ3n) is 2.88. The van der Waals surface area contributed by atoms with Crippen molar-refractivity contribution < 1.29 is 9.00 Å². The van der Waals surface area contributed by atoms with Gasteiger partial charge in [0.1, 0.15) is 5.75 Å². The SMILES string of the molecule is CC(C)C(C)NC(=O)CS(=O)c1c(N)cccc1Cl. The highest BCUT2D eigenvalue weighted by atomic mass is 35.5. The molecule has 106 valence electrons. The van der Waals surface area contributed by atoms with Crippen molar-refractivity contribution in [1.82, 2.24) is 5.32 Å². The van der Waals surface area contributed by atoms with Crippen LogP contribution in [0, 0.1) is 5.92 Å². The van der Waals surface area contributed by atoms with Gasteiger partial charge in [-0.3, -0.25) is 9.00 Å². The van der Waals surface area contributed by atoms with Crippen molar-refractivity contribution in [3.63, 3.8) is 0 Å².